The Bertz CT molecular complexity index is 329. The number of nitrogens with one attached hydrogen (secondary N) is 1. The van der Waals surface area contributed by atoms with Gasteiger partial charge in [-0.25, -0.2) is 0 Å². The van der Waals surface area contributed by atoms with Crippen LogP contribution in [-0.2, 0) is 6.54 Å². The molecule has 0 unspecified atom stereocenters. The molecule has 0 radical (unpaired) electrons. The SMILES string of the molecule is CCN(C)CCNCc1ccc(Br)c(Br)c1. The van der Waals surface area contributed by atoms with Crippen molar-refractivity contribution < 1.29 is 0 Å². The molecule has 1 aromatic rings. The highest BCUT2D eigenvalue weighted by Crippen LogP contribution is 2.23. The Hall–Kier alpha value is 0.1000. The lowest BCUT2D eigenvalue weighted by Gasteiger charge is -2.14. The van der Waals surface area contributed by atoms with E-state index in [1.165, 1.54) is 5.56 Å². The van der Waals surface area contributed by atoms with Gasteiger partial charge in [0.15, 0.2) is 0 Å². The summed E-state index contributed by atoms with van der Waals surface area (Å²) in [6.07, 6.45) is 0. The van der Waals surface area contributed by atoms with E-state index in [1.54, 1.807) is 0 Å². The predicted molar refractivity (Wildman–Crippen MR) is 76.7 cm³/mol. The molecule has 0 bridgehead atoms. The van der Waals surface area contributed by atoms with Gasteiger partial charge >= 0.3 is 0 Å². The van der Waals surface area contributed by atoms with Gasteiger partial charge in [0.2, 0.25) is 0 Å². The normalized spacial score (nSPS) is 11.1. The van der Waals surface area contributed by atoms with Gasteiger partial charge in [0.25, 0.3) is 0 Å². The third-order valence-corrected chi connectivity index (χ3v) is 4.40. The van der Waals surface area contributed by atoms with Crippen molar-refractivity contribution in [2.75, 3.05) is 26.7 Å². The van der Waals surface area contributed by atoms with Gasteiger partial charge in [-0.15, -0.1) is 0 Å². The highest BCUT2D eigenvalue weighted by atomic mass is 79.9. The Morgan fingerprint density at radius 3 is 2.62 bits per heavy atom. The van der Waals surface area contributed by atoms with E-state index in [0.29, 0.717) is 0 Å². The molecule has 0 fully saturated rings. The van der Waals surface area contributed by atoms with Crippen molar-refractivity contribution >= 4 is 31.9 Å². The molecule has 0 aliphatic rings. The number of likely N-dealkylation sites (N-methyl/N-ethyl adjacent to an activating group) is 1. The lowest BCUT2D eigenvalue weighted by atomic mass is 10.2. The monoisotopic (exact) mass is 348 g/mol. The first-order valence-electron chi connectivity index (χ1n) is 5.46. The van der Waals surface area contributed by atoms with Gasteiger partial charge in [0.1, 0.15) is 0 Å². The minimum absolute atomic E-state index is 0.920. The summed E-state index contributed by atoms with van der Waals surface area (Å²) in [7, 11) is 2.14. The molecule has 0 spiro atoms. The van der Waals surface area contributed by atoms with Crippen LogP contribution in [0, 0.1) is 0 Å². The first-order chi connectivity index (χ1) is 7.63. The third kappa shape index (κ3) is 4.95. The summed E-state index contributed by atoms with van der Waals surface area (Å²) in [5.74, 6) is 0. The fraction of sp³-hybridized carbons (Fsp3) is 0.500. The van der Waals surface area contributed by atoms with E-state index in [4.69, 9.17) is 0 Å². The molecule has 0 aliphatic carbocycles. The number of benzene rings is 1. The van der Waals surface area contributed by atoms with Gasteiger partial charge in [-0.05, 0) is 63.1 Å². The van der Waals surface area contributed by atoms with E-state index in [-0.39, 0.29) is 0 Å². The summed E-state index contributed by atoms with van der Waals surface area (Å²) in [6.45, 7) is 6.31. The molecule has 4 heteroatoms. The molecule has 2 nitrogen and oxygen atoms in total. The molecule has 0 aliphatic heterocycles. The van der Waals surface area contributed by atoms with E-state index in [1.807, 2.05) is 0 Å². The van der Waals surface area contributed by atoms with Gasteiger partial charge in [-0.2, -0.15) is 0 Å². The maximum atomic E-state index is 3.51. The Morgan fingerprint density at radius 1 is 1.25 bits per heavy atom. The topological polar surface area (TPSA) is 15.3 Å². The zero-order valence-electron chi connectivity index (χ0n) is 9.76. The summed E-state index contributed by atoms with van der Waals surface area (Å²) < 4.78 is 2.21. The van der Waals surface area contributed by atoms with Crippen molar-refractivity contribution in [3.63, 3.8) is 0 Å². The molecule has 0 saturated heterocycles. The molecule has 1 rings (SSSR count). The Labute approximate surface area is 115 Å². The standard InChI is InChI=1S/C12H18Br2N2/c1-3-16(2)7-6-15-9-10-4-5-11(13)12(14)8-10/h4-5,8,15H,3,6-7,9H2,1-2H3. The average Bonchev–Trinajstić information content (AvgIpc) is 2.28. The first-order valence-corrected chi connectivity index (χ1v) is 7.05. The fourth-order valence-electron chi connectivity index (χ4n) is 1.31. The van der Waals surface area contributed by atoms with Crippen LogP contribution in [0.2, 0.25) is 0 Å². The second-order valence-corrected chi connectivity index (χ2v) is 5.53. The minimum atomic E-state index is 0.920. The largest absolute Gasteiger partial charge is 0.311 e. The molecule has 1 aromatic carbocycles. The molecule has 1 N–H and O–H groups in total. The van der Waals surface area contributed by atoms with Crippen LogP contribution in [0.4, 0.5) is 0 Å². The van der Waals surface area contributed by atoms with Crippen LogP contribution < -0.4 is 5.32 Å². The molecule has 0 heterocycles. The van der Waals surface area contributed by atoms with Crippen molar-refractivity contribution in [3.8, 4) is 0 Å². The molecule has 0 atom stereocenters. The van der Waals surface area contributed by atoms with Gasteiger partial charge in [-0.3, -0.25) is 0 Å². The maximum absolute atomic E-state index is 3.51. The molecular weight excluding hydrogens is 332 g/mol. The van der Waals surface area contributed by atoms with Crippen LogP contribution in [0.1, 0.15) is 12.5 Å². The second kappa shape index (κ2) is 7.43. The number of hydrogen-bond donors (Lipinski definition) is 1. The van der Waals surface area contributed by atoms with Crippen molar-refractivity contribution in [1.82, 2.24) is 10.2 Å². The number of hydrogen-bond acceptors (Lipinski definition) is 2. The molecule has 0 amide bonds. The first kappa shape index (κ1) is 14.2. The smallest absolute Gasteiger partial charge is 0.0320 e. The van der Waals surface area contributed by atoms with Crippen LogP contribution >= 0.6 is 31.9 Å². The van der Waals surface area contributed by atoms with Crippen LogP contribution in [0.3, 0.4) is 0 Å². The summed E-state index contributed by atoms with van der Waals surface area (Å²) in [5, 5.41) is 3.44. The average molecular weight is 350 g/mol. The number of rotatable bonds is 6. The van der Waals surface area contributed by atoms with Crippen LogP contribution in [0.5, 0.6) is 0 Å². The Kier molecular flexibility index (Phi) is 6.58. The van der Waals surface area contributed by atoms with E-state index in [9.17, 15) is 0 Å². The van der Waals surface area contributed by atoms with Crippen LogP contribution in [-0.4, -0.2) is 31.6 Å². The third-order valence-electron chi connectivity index (χ3n) is 2.52. The van der Waals surface area contributed by atoms with Gasteiger partial charge in [0, 0.05) is 28.6 Å². The quantitative estimate of drug-likeness (QED) is 0.793. The molecular formula is C12H18Br2N2. The van der Waals surface area contributed by atoms with E-state index < -0.39 is 0 Å². The predicted octanol–water partition coefficient (Wildman–Crippen LogP) is 3.25. The van der Waals surface area contributed by atoms with Gasteiger partial charge in [0.05, 0.1) is 0 Å². The van der Waals surface area contributed by atoms with E-state index in [0.717, 1.165) is 35.1 Å². The highest BCUT2D eigenvalue weighted by Gasteiger charge is 1.99. The molecule has 0 saturated carbocycles. The minimum Gasteiger partial charge on any atom is -0.311 e. The Morgan fingerprint density at radius 2 is 2.00 bits per heavy atom. The lowest BCUT2D eigenvalue weighted by Crippen LogP contribution is -2.28. The van der Waals surface area contributed by atoms with E-state index >= 15 is 0 Å². The van der Waals surface area contributed by atoms with Crippen LogP contribution in [0.25, 0.3) is 0 Å². The Balaban J connectivity index is 2.29. The molecule has 16 heavy (non-hydrogen) atoms. The summed E-state index contributed by atoms with van der Waals surface area (Å²) >= 11 is 6.97. The fourth-order valence-corrected chi connectivity index (χ4v) is 1.98. The number of halogens is 2. The lowest BCUT2D eigenvalue weighted by molar-refractivity contribution is 0.349. The highest BCUT2D eigenvalue weighted by molar-refractivity contribution is 9.13. The maximum Gasteiger partial charge on any atom is 0.0320 e. The van der Waals surface area contributed by atoms with E-state index in [2.05, 4.69) is 74.2 Å². The van der Waals surface area contributed by atoms with Gasteiger partial charge in [-0.1, -0.05) is 13.0 Å². The zero-order chi connectivity index (χ0) is 12.0. The van der Waals surface area contributed by atoms with Crippen molar-refractivity contribution in [1.29, 1.82) is 0 Å². The van der Waals surface area contributed by atoms with Gasteiger partial charge < -0.3 is 10.2 Å². The second-order valence-electron chi connectivity index (χ2n) is 3.82. The molecule has 0 aromatic heterocycles. The van der Waals surface area contributed by atoms with Crippen molar-refractivity contribution in [3.05, 3.63) is 32.7 Å². The summed E-state index contributed by atoms with van der Waals surface area (Å²) in [6, 6.07) is 6.34. The number of nitrogens with zero attached hydrogens (tertiary/aromatic N) is 1. The van der Waals surface area contributed by atoms with Crippen LogP contribution in [0.15, 0.2) is 27.1 Å². The molecule has 90 valence electrons. The summed E-state index contributed by atoms with van der Waals surface area (Å²) in [5.41, 5.74) is 1.30. The van der Waals surface area contributed by atoms with Crippen molar-refractivity contribution in [2.24, 2.45) is 0 Å². The summed E-state index contributed by atoms with van der Waals surface area (Å²) in [4.78, 5) is 2.30. The zero-order valence-corrected chi connectivity index (χ0v) is 12.9. The van der Waals surface area contributed by atoms with Crippen molar-refractivity contribution in [2.45, 2.75) is 13.5 Å².